The lowest BCUT2D eigenvalue weighted by atomic mass is 10.1. The van der Waals surface area contributed by atoms with Gasteiger partial charge in [-0.2, -0.15) is 5.10 Å². The normalized spacial score (nSPS) is 20.9. The van der Waals surface area contributed by atoms with Gasteiger partial charge in [-0.1, -0.05) is 0 Å². The van der Waals surface area contributed by atoms with Crippen LogP contribution in [0.25, 0.3) is 0 Å². The van der Waals surface area contributed by atoms with Gasteiger partial charge in [-0.3, -0.25) is 5.10 Å². The van der Waals surface area contributed by atoms with E-state index in [1.54, 1.807) is 14.2 Å². The standard InChI is InChI=1S/C12H22N4O3S/c1-15(20(17,18)12-7-13-14-8-12)9-11-3-4-16(10-11)5-6-19-2/h7-8,11H,3-6,9-10H2,1-2H3,(H,13,14). The van der Waals surface area contributed by atoms with Crippen molar-refractivity contribution in [3.63, 3.8) is 0 Å². The molecular weight excluding hydrogens is 280 g/mol. The highest BCUT2D eigenvalue weighted by Crippen LogP contribution is 2.20. The van der Waals surface area contributed by atoms with Crippen LogP contribution in [0.2, 0.25) is 0 Å². The maximum Gasteiger partial charge on any atom is 0.245 e. The smallest absolute Gasteiger partial charge is 0.245 e. The fraction of sp³-hybridized carbons (Fsp3) is 0.750. The number of aromatic nitrogens is 2. The highest BCUT2D eigenvalue weighted by molar-refractivity contribution is 7.89. The van der Waals surface area contributed by atoms with E-state index in [4.69, 9.17) is 4.74 Å². The van der Waals surface area contributed by atoms with E-state index in [2.05, 4.69) is 15.1 Å². The molecule has 1 aliphatic heterocycles. The van der Waals surface area contributed by atoms with Crippen molar-refractivity contribution >= 4 is 10.0 Å². The number of rotatable bonds is 7. The first-order chi connectivity index (χ1) is 9.54. The number of methoxy groups -OCH3 is 1. The lowest BCUT2D eigenvalue weighted by Crippen LogP contribution is -2.33. The largest absolute Gasteiger partial charge is 0.383 e. The number of sulfonamides is 1. The van der Waals surface area contributed by atoms with Gasteiger partial charge >= 0.3 is 0 Å². The Balaban J connectivity index is 1.88. The average molecular weight is 302 g/mol. The topological polar surface area (TPSA) is 78.5 Å². The maximum atomic E-state index is 12.3. The molecule has 114 valence electrons. The van der Waals surface area contributed by atoms with Crippen LogP contribution in [0.3, 0.4) is 0 Å². The Morgan fingerprint density at radius 2 is 2.40 bits per heavy atom. The van der Waals surface area contributed by atoms with Crippen LogP contribution in [0.5, 0.6) is 0 Å². The molecule has 0 bridgehead atoms. The van der Waals surface area contributed by atoms with Crippen LogP contribution < -0.4 is 0 Å². The van der Waals surface area contributed by atoms with Gasteiger partial charge < -0.3 is 9.64 Å². The molecule has 8 heteroatoms. The Morgan fingerprint density at radius 3 is 3.05 bits per heavy atom. The van der Waals surface area contributed by atoms with Gasteiger partial charge in [0.05, 0.1) is 12.8 Å². The first-order valence-corrected chi connectivity index (χ1v) is 8.14. The maximum absolute atomic E-state index is 12.3. The summed E-state index contributed by atoms with van der Waals surface area (Å²) in [6.07, 6.45) is 3.77. The molecule has 2 heterocycles. The quantitative estimate of drug-likeness (QED) is 0.767. The van der Waals surface area contributed by atoms with E-state index in [1.807, 2.05) is 0 Å². The molecular formula is C12H22N4O3S. The Bertz CT molecular complexity index is 503. The third-order valence-corrected chi connectivity index (χ3v) is 5.47. The van der Waals surface area contributed by atoms with Gasteiger partial charge in [0, 0.05) is 40.0 Å². The van der Waals surface area contributed by atoms with Crippen molar-refractivity contribution in [2.75, 3.05) is 46.9 Å². The molecule has 0 aromatic carbocycles. The number of aromatic amines is 1. The van der Waals surface area contributed by atoms with Crippen LogP contribution in [0.1, 0.15) is 6.42 Å². The summed E-state index contributed by atoms with van der Waals surface area (Å²) in [7, 11) is -0.103. The van der Waals surface area contributed by atoms with Gasteiger partial charge in [0.25, 0.3) is 0 Å². The predicted molar refractivity (Wildman–Crippen MR) is 74.8 cm³/mol. The fourth-order valence-corrected chi connectivity index (χ4v) is 3.66. The Morgan fingerprint density at radius 1 is 1.60 bits per heavy atom. The molecule has 1 atom stereocenters. The minimum absolute atomic E-state index is 0.217. The van der Waals surface area contributed by atoms with Crippen molar-refractivity contribution in [2.45, 2.75) is 11.3 Å². The summed E-state index contributed by atoms with van der Waals surface area (Å²) in [5.41, 5.74) is 0. The van der Waals surface area contributed by atoms with Crippen molar-refractivity contribution in [3.8, 4) is 0 Å². The minimum Gasteiger partial charge on any atom is -0.383 e. The van der Waals surface area contributed by atoms with Gasteiger partial charge in [-0.05, 0) is 18.9 Å². The van der Waals surface area contributed by atoms with E-state index in [-0.39, 0.29) is 4.90 Å². The van der Waals surface area contributed by atoms with E-state index in [0.717, 1.165) is 32.7 Å². The molecule has 0 radical (unpaired) electrons. The first-order valence-electron chi connectivity index (χ1n) is 6.70. The zero-order valence-electron chi connectivity index (χ0n) is 11.9. The molecule has 0 saturated carbocycles. The number of hydrogen-bond acceptors (Lipinski definition) is 5. The summed E-state index contributed by atoms with van der Waals surface area (Å²) in [4.78, 5) is 2.53. The summed E-state index contributed by atoms with van der Waals surface area (Å²) < 4.78 is 31.0. The van der Waals surface area contributed by atoms with Gasteiger partial charge in [0.15, 0.2) is 0 Å². The molecule has 1 unspecified atom stereocenters. The molecule has 1 aliphatic rings. The number of hydrogen-bond donors (Lipinski definition) is 1. The van der Waals surface area contributed by atoms with Crippen LogP contribution >= 0.6 is 0 Å². The molecule has 0 amide bonds. The minimum atomic E-state index is -3.42. The summed E-state index contributed by atoms with van der Waals surface area (Å²) >= 11 is 0. The Hall–Kier alpha value is -0.960. The van der Waals surface area contributed by atoms with E-state index in [1.165, 1.54) is 16.7 Å². The second-order valence-corrected chi connectivity index (χ2v) is 7.21. The molecule has 1 saturated heterocycles. The van der Waals surface area contributed by atoms with Crippen molar-refractivity contribution in [1.82, 2.24) is 19.4 Å². The lowest BCUT2D eigenvalue weighted by molar-refractivity contribution is 0.158. The third-order valence-electron chi connectivity index (χ3n) is 3.68. The molecule has 1 fully saturated rings. The molecule has 0 spiro atoms. The van der Waals surface area contributed by atoms with Crippen molar-refractivity contribution < 1.29 is 13.2 Å². The predicted octanol–water partition coefficient (Wildman–Crippen LogP) is -0.00150. The summed E-state index contributed by atoms with van der Waals surface area (Å²) in [5, 5.41) is 6.23. The van der Waals surface area contributed by atoms with Crippen molar-refractivity contribution in [2.24, 2.45) is 5.92 Å². The van der Waals surface area contributed by atoms with Gasteiger partial charge in [0.2, 0.25) is 10.0 Å². The van der Waals surface area contributed by atoms with E-state index in [0.29, 0.717) is 12.5 Å². The lowest BCUT2D eigenvalue weighted by Gasteiger charge is -2.20. The summed E-state index contributed by atoms with van der Waals surface area (Å²) in [6, 6.07) is 0. The molecule has 1 aromatic heterocycles. The van der Waals surface area contributed by atoms with E-state index < -0.39 is 10.0 Å². The molecule has 2 rings (SSSR count). The number of ether oxygens (including phenoxy) is 1. The monoisotopic (exact) mass is 302 g/mol. The zero-order valence-corrected chi connectivity index (χ0v) is 12.8. The molecule has 1 N–H and O–H groups in total. The van der Waals surface area contributed by atoms with E-state index in [9.17, 15) is 8.42 Å². The second kappa shape index (κ2) is 6.66. The summed E-state index contributed by atoms with van der Waals surface area (Å²) in [6.45, 7) is 4.10. The number of likely N-dealkylation sites (tertiary alicyclic amines) is 1. The van der Waals surface area contributed by atoms with Crippen molar-refractivity contribution in [3.05, 3.63) is 12.4 Å². The van der Waals surface area contributed by atoms with Crippen LogP contribution in [-0.2, 0) is 14.8 Å². The van der Waals surface area contributed by atoms with Gasteiger partial charge in [-0.25, -0.2) is 12.7 Å². The van der Waals surface area contributed by atoms with Gasteiger partial charge in [0.1, 0.15) is 4.90 Å². The molecule has 20 heavy (non-hydrogen) atoms. The fourth-order valence-electron chi connectivity index (χ4n) is 2.51. The molecule has 0 aliphatic carbocycles. The SMILES string of the molecule is COCCN1CCC(CN(C)S(=O)(=O)c2cn[nH]c2)C1. The highest BCUT2D eigenvalue weighted by Gasteiger charge is 2.28. The Kier molecular flexibility index (Phi) is 5.14. The zero-order chi connectivity index (χ0) is 14.6. The third kappa shape index (κ3) is 3.57. The van der Waals surface area contributed by atoms with Crippen LogP contribution in [0.4, 0.5) is 0 Å². The number of H-pyrrole nitrogens is 1. The van der Waals surface area contributed by atoms with Crippen LogP contribution in [0, 0.1) is 5.92 Å². The van der Waals surface area contributed by atoms with Crippen molar-refractivity contribution in [1.29, 1.82) is 0 Å². The Labute approximate surface area is 120 Å². The van der Waals surface area contributed by atoms with E-state index >= 15 is 0 Å². The second-order valence-electron chi connectivity index (χ2n) is 5.17. The van der Waals surface area contributed by atoms with Crippen LogP contribution in [-0.4, -0.2) is 74.8 Å². The van der Waals surface area contributed by atoms with Crippen LogP contribution in [0.15, 0.2) is 17.3 Å². The highest BCUT2D eigenvalue weighted by atomic mass is 32.2. The first kappa shape index (κ1) is 15.4. The summed E-state index contributed by atoms with van der Waals surface area (Å²) in [5.74, 6) is 0.374. The molecule has 1 aromatic rings. The molecule has 7 nitrogen and oxygen atoms in total. The number of nitrogens with zero attached hydrogens (tertiary/aromatic N) is 3. The average Bonchev–Trinajstić information content (AvgIpc) is 3.07. The van der Waals surface area contributed by atoms with Gasteiger partial charge in [-0.15, -0.1) is 0 Å². The number of nitrogens with one attached hydrogen (secondary N) is 1.